The van der Waals surface area contributed by atoms with Crippen LogP contribution >= 0.6 is 11.3 Å². The van der Waals surface area contributed by atoms with Crippen LogP contribution in [0.2, 0.25) is 0 Å². The van der Waals surface area contributed by atoms with Gasteiger partial charge in [-0.2, -0.15) is 0 Å². The Morgan fingerprint density at radius 3 is 2.62 bits per heavy atom. The summed E-state index contributed by atoms with van der Waals surface area (Å²) in [6.45, 7) is 6.34. The second kappa shape index (κ2) is 10.5. The topological polar surface area (TPSA) is 117 Å². The van der Waals surface area contributed by atoms with Gasteiger partial charge < -0.3 is 25.3 Å². The van der Waals surface area contributed by atoms with Crippen LogP contribution in [0.15, 0.2) is 18.2 Å². The molecule has 0 atom stereocenters. The van der Waals surface area contributed by atoms with Crippen molar-refractivity contribution in [1.82, 2.24) is 0 Å². The molecule has 3 rings (SSSR count). The van der Waals surface area contributed by atoms with E-state index in [1.807, 2.05) is 20.8 Å². The van der Waals surface area contributed by atoms with Gasteiger partial charge in [-0.05, 0) is 55.9 Å². The van der Waals surface area contributed by atoms with E-state index in [1.54, 1.807) is 12.1 Å². The molecule has 3 N–H and O–H groups in total. The van der Waals surface area contributed by atoms with E-state index in [-0.39, 0.29) is 5.56 Å². The van der Waals surface area contributed by atoms with Crippen molar-refractivity contribution in [1.29, 1.82) is 0 Å². The van der Waals surface area contributed by atoms with Gasteiger partial charge in [0.25, 0.3) is 11.8 Å². The number of carbonyl (C=O) groups excluding carboxylic acids is 3. The molecule has 172 valence electrons. The molecule has 1 aliphatic rings. The van der Waals surface area contributed by atoms with Crippen LogP contribution in [0.5, 0.6) is 11.5 Å². The van der Waals surface area contributed by atoms with Crippen molar-refractivity contribution >= 4 is 34.1 Å². The second-order valence-corrected chi connectivity index (χ2v) is 8.95. The minimum atomic E-state index is -0.666. The van der Waals surface area contributed by atoms with Crippen LogP contribution < -0.4 is 20.5 Å². The van der Waals surface area contributed by atoms with E-state index < -0.39 is 24.4 Å². The van der Waals surface area contributed by atoms with Crippen molar-refractivity contribution in [3.05, 3.63) is 39.8 Å². The van der Waals surface area contributed by atoms with Gasteiger partial charge in [0.15, 0.2) is 18.1 Å². The van der Waals surface area contributed by atoms with Gasteiger partial charge in [-0.25, -0.2) is 4.79 Å². The van der Waals surface area contributed by atoms with Crippen molar-refractivity contribution in [2.24, 2.45) is 11.7 Å². The molecule has 0 saturated heterocycles. The fraction of sp³-hybridized carbons (Fsp3) is 0.435. The smallest absolute Gasteiger partial charge is 0.338 e. The number of nitrogens with one attached hydrogen (secondary N) is 1. The van der Waals surface area contributed by atoms with Crippen molar-refractivity contribution in [3.8, 4) is 11.5 Å². The molecule has 9 heteroatoms. The normalized spacial score (nSPS) is 12.4. The van der Waals surface area contributed by atoms with Gasteiger partial charge in [0, 0.05) is 4.88 Å². The highest BCUT2D eigenvalue weighted by atomic mass is 32.1. The summed E-state index contributed by atoms with van der Waals surface area (Å²) in [5.74, 6) is -0.457. The van der Waals surface area contributed by atoms with Crippen molar-refractivity contribution in [2.45, 2.75) is 40.0 Å². The largest absolute Gasteiger partial charge is 0.490 e. The Hall–Kier alpha value is -3.07. The summed E-state index contributed by atoms with van der Waals surface area (Å²) >= 11 is 1.35. The van der Waals surface area contributed by atoms with Crippen molar-refractivity contribution in [3.63, 3.8) is 0 Å². The second-order valence-electron chi connectivity index (χ2n) is 7.85. The van der Waals surface area contributed by atoms with Crippen LogP contribution in [0.3, 0.4) is 0 Å². The van der Waals surface area contributed by atoms with Gasteiger partial charge in [-0.3, -0.25) is 9.59 Å². The van der Waals surface area contributed by atoms with Gasteiger partial charge in [0.2, 0.25) is 0 Å². The lowest BCUT2D eigenvalue weighted by atomic mass is 10.1. The minimum Gasteiger partial charge on any atom is -0.490 e. The summed E-state index contributed by atoms with van der Waals surface area (Å²) in [5, 5.41) is 3.06. The molecule has 0 spiro atoms. The van der Waals surface area contributed by atoms with Crippen LogP contribution in [-0.4, -0.2) is 37.6 Å². The number of thiophene rings is 1. The van der Waals surface area contributed by atoms with E-state index in [0.717, 1.165) is 29.7 Å². The van der Waals surface area contributed by atoms with Crippen molar-refractivity contribution in [2.75, 3.05) is 25.1 Å². The fourth-order valence-corrected chi connectivity index (χ4v) is 4.72. The molecule has 1 aliphatic carbocycles. The van der Waals surface area contributed by atoms with Crippen LogP contribution in [0, 0.1) is 5.92 Å². The number of aryl methyl sites for hydroxylation is 1. The van der Waals surface area contributed by atoms with Crippen LogP contribution in [0.25, 0.3) is 0 Å². The summed E-state index contributed by atoms with van der Waals surface area (Å²) in [4.78, 5) is 37.7. The van der Waals surface area contributed by atoms with E-state index in [1.165, 1.54) is 17.4 Å². The number of carbonyl (C=O) groups is 3. The average Bonchev–Trinajstić information content (AvgIpc) is 3.31. The zero-order valence-electron chi connectivity index (χ0n) is 18.5. The molecule has 0 bridgehead atoms. The fourth-order valence-electron chi connectivity index (χ4n) is 3.41. The summed E-state index contributed by atoms with van der Waals surface area (Å²) in [6.07, 6.45) is 2.61. The first kappa shape index (κ1) is 23.6. The highest BCUT2D eigenvalue weighted by Crippen LogP contribution is 2.38. The molecule has 0 saturated carbocycles. The van der Waals surface area contributed by atoms with Gasteiger partial charge in [-0.15, -0.1) is 11.3 Å². The quantitative estimate of drug-likeness (QED) is 0.524. The Morgan fingerprint density at radius 2 is 1.94 bits per heavy atom. The molecule has 32 heavy (non-hydrogen) atoms. The number of hydrogen-bond acceptors (Lipinski definition) is 7. The number of amides is 2. The number of ether oxygens (including phenoxy) is 3. The number of rotatable bonds is 10. The number of primary amides is 1. The highest BCUT2D eigenvalue weighted by molar-refractivity contribution is 7.17. The van der Waals surface area contributed by atoms with E-state index in [9.17, 15) is 14.4 Å². The predicted molar refractivity (Wildman–Crippen MR) is 122 cm³/mol. The third kappa shape index (κ3) is 5.59. The number of benzene rings is 1. The molecular formula is C23H28N2O6S. The maximum Gasteiger partial charge on any atom is 0.338 e. The summed E-state index contributed by atoms with van der Waals surface area (Å²) in [6, 6.07) is 4.75. The number of esters is 1. The van der Waals surface area contributed by atoms with E-state index in [2.05, 4.69) is 5.32 Å². The lowest BCUT2D eigenvalue weighted by Gasteiger charge is -2.14. The van der Waals surface area contributed by atoms with E-state index in [0.29, 0.717) is 41.2 Å². The third-order valence-corrected chi connectivity index (χ3v) is 6.01. The van der Waals surface area contributed by atoms with Crippen LogP contribution in [0.1, 0.15) is 58.3 Å². The molecule has 0 aliphatic heterocycles. The molecule has 1 aromatic carbocycles. The Morgan fingerprint density at radius 1 is 1.16 bits per heavy atom. The zero-order chi connectivity index (χ0) is 23.3. The van der Waals surface area contributed by atoms with Gasteiger partial charge in [0.05, 0.1) is 24.3 Å². The Balaban J connectivity index is 1.62. The first-order valence-corrected chi connectivity index (χ1v) is 11.4. The number of nitrogens with two attached hydrogens (primary N) is 1. The Labute approximate surface area is 191 Å². The van der Waals surface area contributed by atoms with Gasteiger partial charge >= 0.3 is 5.97 Å². The molecule has 1 aromatic heterocycles. The molecule has 8 nitrogen and oxygen atoms in total. The maximum atomic E-state index is 12.5. The lowest BCUT2D eigenvalue weighted by Crippen LogP contribution is -2.22. The minimum absolute atomic E-state index is 0.242. The van der Waals surface area contributed by atoms with Crippen LogP contribution in [-0.2, 0) is 22.4 Å². The lowest BCUT2D eigenvalue weighted by molar-refractivity contribution is -0.119. The Kier molecular flexibility index (Phi) is 7.74. The SMILES string of the molecule is CCOc1cc(C(=O)OCC(=O)Nc2sc3c(c2C(N)=O)CCC3)ccc1OCC(C)C. The number of fused-ring (bicyclic) bond motifs is 1. The monoisotopic (exact) mass is 460 g/mol. The van der Waals surface area contributed by atoms with Crippen molar-refractivity contribution < 1.29 is 28.6 Å². The number of anilines is 1. The third-order valence-electron chi connectivity index (χ3n) is 4.81. The Bertz CT molecular complexity index is 1010. The molecule has 1 heterocycles. The summed E-state index contributed by atoms with van der Waals surface area (Å²) < 4.78 is 16.5. The molecule has 0 fully saturated rings. The molecule has 2 amide bonds. The standard InChI is InChI=1S/C23H28N2O6S/c1-4-29-17-10-14(8-9-16(17)30-11-13(2)3)23(28)31-12-19(26)25-22-20(21(24)27)15-6-5-7-18(15)32-22/h8-10,13H,4-7,11-12H2,1-3H3,(H2,24,27)(H,25,26). The number of hydrogen-bond donors (Lipinski definition) is 2. The summed E-state index contributed by atoms with van der Waals surface area (Å²) in [7, 11) is 0. The van der Waals surface area contributed by atoms with Gasteiger partial charge in [-0.1, -0.05) is 13.8 Å². The molecule has 0 unspecified atom stereocenters. The summed E-state index contributed by atoms with van der Waals surface area (Å²) in [5.41, 5.74) is 7.02. The van der Waals surface area contributed by atoms with E-state index in [4.69, 9.17) is 19.9 Å². The van der Waals surface area contributed by atoms with E-state index >= 15 is 0 Å². The first-order chi connectivity index (χ1) is 15.3. The molecule has 0 radical (unpaired) electrons. The van der Waals surface area contributed by atoms with Gasteiger partial charge in [0.1, 0.15) is 5.00 Å². The first-order valence-electron chi connectivity index (χ1n) is 10.6. The highest BCUT2D eigenvalue weighted by Gasteiger charge is 2.26. The maximum absolute atomic E-state index is 12.5. The van der Waals surface area contributed by atoms with Crippen LogP contribution in [0.4, 0.5) is 5.00 Å². The molecular weight excluding hydrogens is 432 g/mol. The molecule has 2 aromatic rings. The predicted octanol–water partition coefficient (Wildman–Crippen LogP) is 3.56. The average molecular weight is 461 g/mol. The zero-order valence-corrected chi connectivity index (χ0v) is 19.3.